The van der Waals surface area contributed by atoms with E-state index in [2.05, 4.69) is 50.8 Å². The molecule has 24 heavy (non-hydrogen) atoms. The van der Waals surface area contributed by atoms with Gasteiger partial charge in [0.05, 0.1) is 19.9 Å². The van der Waals surface area contributed by atoms with Crippen LogP contribution in [0.15, 0.2) is 47.5 Å². The molecule has 3 aromatic heterocycles. The first-order chi connectivity index (χ1) is 11.8. The van der Waals surface area contributed by atoms with Gasteiger partial charge in [0, 0.05) is 16.3 Å². The quantitative estimate of drug-likeness (QED) is 0.533. The van der Waals surface area contributed by atoms with Crippen LogP contribution in [0, 0.1) is 0 Å². The fraction of sp³-hybridized carbons (Fsp3) is 0.176. The SMILES string of the molecule is COc1ccc2c(ncc3nnn(Cc4ccc(SC)cc4)c32)n1. The third-order valence-electron chi connectivity index (χ3n) is 3.88. The minimum atomic E-state index is 0.543. The Kier molecular flexibility index (Phi) is 3.78. The van der Waals surface area contributed by atoms with Crippen molar-refractivity contribution in [2.24, 2.45) is 0 Å². The van der Waals surface area contributed by atoms with E-state index in [1.165, 1.54) is 10.5 Å². The van der Waals surface area contributed by atoms with E-state index in [0.29, 0.717) is 18.1 Å². The topological polar surface area (TPSA) is 65.7 Å². The summed E-state index contributed by atoms with van der Waals surface area (Å²) in [7, 11) is 1.59. The van der Waals surface area contributed by atoms with Crippen molar-refractivity contribution >= 4 is 33.8 Å². The number of nitrogens with zero attached hydrogens (tertiary/aromatic N) is 5. The van der Waals surface area contributed by atoms with Crippen LogP contribution in [0.1, 0.15) is 5.56 Å². The van der Waals surface area contributed by atoms with Gasteiger partial charge in [-0.25, -0.2) is 9.67 Å². The number of pyridine rings is 2. The van der Waals surface area contributed by atoms with Crippen LogP contribution in [0.4, 0.5) is 0 Å². The highest BCUT2D eigenvalue weighted by atomic mass is 32.2. The molecule has 0 saturated carbocycles. The molecule has 7 heteroatoms. The number of fused-ring (bicyclic) bond motifs is 3. The summed E-state index contributed by atoms with van der Waals surface area (Å²) in [5.41, 5.74) is 3.49. The van der Waals surface area contributed by atoms with Crippen LogP contribution in [-0.2, 0) is 6.54 Å². The first kappa shape index (κ1) is 14.9. The molecule has 0 atom stereocenters. The molecule has 0 aliphatic heterocycles. The predicted octanol–water partition coefficient (Wildman–Crippen LogP) is 3.15. The molecule has 120 valence electrons. The number of benzene rings is 1. The fourth-order valence-corrected chi connectivity index (χ4v) is 3.06. The maximum atomic E-state index is 5.17. The van der Waals surface area contributed by atoms with Gasteiger partial charge in [0.2, 0.25) is 5.88 Å². The predicted molar refractivity (Wildman–Crippen MR) is 94.5 cm³/mol. The van der Waals surface area contributed by atoms with Crippen LogP contribution in [0.25, 0.3) is 22.1 Å². The average molecular weight is 337 g/mol. The largest absolute Gasteiger partial charge is 0.481 e. The number of ether oxygens (including phenoxy) is 1. The molecule has 0 fully saturated rings. The summed E-state index contributed by atoms with van der Waals surface area (Å²) in [6.07, 6.45) is 3.77. The van der Waals surface area contributed by atoms with Crippen molar-refractivity contribution < 1.29 is 4.74 Å². The molecule has 0 spiro atoms. The molecule has 0 amide bonds. The second-order valence-corrected chi connectivity index (χ2v) is 6.19. The lowest BCUT2D eigenvalue weighted by Gasteiger charge is -2.06. The molecule has 0 aliphatic rings. The minimum Gasteiger partial charge on any atom is -0.481 e. The number of methoxy groups -OCH3 is 1. The highest BCUT2D eigenvalue weighted by molar-refractivity contribution is 7.98. The number of rotatable bonds is 4. The Labute approximate surface area is 142 Å². The van der Waals surface area contributed by atoms with E-state index in [1.54, 1.807) is 25.1 Å². The summed E-state index contributed by atoms with van der Waals surface area (Å²) >= 11 is 1.73. The van der Waals surface area contributed by atoms with Gasteiger partial charge in [-0.15, -0.1) is 16.9 Å². The maximum absolute atomic E-state index is 5.17. The zero-order valence-corrected chi connectivity index (χ0v) is 14.1. The van der Waals surface area contributed by atoms with Gasteiger partial charge < -0.3 is 4.74 Å². The molecule has 3 heterocycles. The highest BCUT2D eigenvalue weighted by Crippen LogP contribution is 2.24. The zero-order chi connectivity index (χ0) is 16.5. The summed E-state index contributed by atoms with van der Waals surface area (Å²) in [6.45, 7) is 0.649. The molecule has 0 saturated heterocycles. The van der Waals surface area contributed by atoms with E-state index in [0.717, 1.165) is 16.4 Å². The number of hydrogen-bond acceptors (Lipinski definition) is 6. The van der Waals surface area contributed by atoms with Gasteiger partial charge in [0.1, 0.15) is 11.0 Å². The summed E-state index contributed by atoms with van der Waals surface area (Å²) in [5, 5.41) is 9.43. The van der Waals surface area contributed by atoms with Crippen LogP contribution in [0.5, 0.6) is 5.88 Å². The van der Waals surface area contributed by atoms with Crippen molar-refractivity contribution in [3.05, 3.63) is 48.2 Å². The Morgan fingerprint density at radius 1 is 1.12 bits per heavy atom. The van der Waals surface area contributed by atoms with E-state index >= 15 is 0 Å². The number of aromatic nitrogens is 5. The Balaban J connectivity index is 1.81. The Morgan fingerprint density at radius 2 is 1.96 bits per heavy atom. The second kappa shape index (κ2) is 6.09. The van der Waals surface area contributed by atoms with Crippen LogP contribution in [-0.4, -0.2) is 38.3 Å². The van der Waals surface area contributed by atoms with E-state index in [4.69, 9.17) is 4.74 Å². The molecule has 0 N–H and O–H groups in total. The molecule has 6 nitrogen and oxygen atoms in total. The zero-order valence-electron chi connectivity index (χ0n) is 13.3. The van der Waals surface area contributed by atoms with E-state index < -0.39 is 0 Å². The van der Waals surface area contributed by atoms with E-state index in [-0.39, 0.29) is 0 Å². The van der Waals surface area contributed by atoms with Crippen molar-refractivity contribution in [3.63, 3.8) is 0 Å². The first-order valence-electron chi connectivity index (χ1n) is 7.44. The number of thioether (sulfide) groups is 1. The fourth-order valence-electron chi connectivity index (χ4n) is 2.66. The van der Waals surface area contributed by atoms with Gasteiger partial charge in [-0.3, -0.25) is 0 Å². The second-order valence-electron chi connectivity index (χ2n) is 5.31. The minimum absolute atomic E-state index is 0.543. The van der Waals surface area contributed by atoms with E-state index in [9.17, 15) is 0 Å². The highest BCUT2D eigenvalue weighted by Gasteiger charge is 2.12. The molecule has 4 aromatic rings. The van der Waals surface area contributed by atoms with Crippen LogP contribution >= 0.6 is 11.8 Å². The average Bonchev–Trinajstić information content (AvgIpc) is 3.05. The monoisotopic (exact) mass is 337 g/mol. The van der Waals surface area contributed by atoms with Gasteiger partial charge in [-0.2, -0.15) is 4.98 Å². The van der Waals surface area contributed by atoms with Crippen molar-refractivity contribution in [1.29, 1.82) is 0 Å². The molecule has 4 rings (SSSR count). The summed E-state index contributed by atoms with van der Waals surface area (Å²) < 4.78 is 7.06. The molecule has 1 aromatic carbocycles. The van der Waals surface area contributed by atoms with Crippen LogP contribution < -0.4 is 4.74 Å². The Morgan fingerprint density at radius 3 is 2.71 bits per heavy atom. The normalized spacial score (nSPS) is 11.2. The molecule has 0 bridgehead atoms. The van der Waals surface area contributed by atoms with Crippen molar-refractivity contribution in [2.45, 2.75) is 11.4 Å². The maximum Gasteiger partial charge on any atom is 0.215 e. The first-order valence-corrected chi connectivity index (χ1v) is 8.67. The standard InChI is InChI=1S/C17H15N5OS/c1-23-15-8-7-13-16-14(9-18-17(13)19-15)20-21-22(16)10-11-3-5-12(24-2)6-4-11/h3-9H,10H2,1-2H3. The van der Waals surface area contributed by atoms with Gasteiger partial charge in [0.15, 0.2) is 5.65 Å². The van der Waals surface area contributed by atoms with Crippen LogP contribution in [0.2, 0.25) is 0 Å². The lowest BCUT2D eigenvalue weighted by molar-refractivity contribution is 0.399. The Bertz CT molecular complexity index is 1010. The third-order valence-corrected chi connectivity index (χ3v) is 4.62. The van der Waals surface area contributed by atoms with Crippen LogP contribution in [0.3, 0.4) is 0 Å². The lowest BCUT2D eigenvalue weighted by atomic mass is 10.2. The van der Waals surface area contributed by atoms with Gasteiger partial charge in [-0.05, 0) is 30.0 Å². The van der Waals surface area contributed by atoms with E-state index in [1.807, 2.05) is 16.8 Å². The van der Waals surface area contributed by atoms with Crippen molar-refractivity contribution in [3.8, 4) is 5.88 Å². The molecule has 0 aliphatic carbocycles. The van der Waals surface area contributed by atoms with Crippen molar-refractivity contribution in [2.75, 3.05) is 13.4 Å². The molecular weight excluding hydrogens is 322 g/mol. The summed E-state index contributed by atoms with van der Waals surface area (Å²) in [5.74, 6) is 0.543. The summed E-state index contributed by atoms with van der Waals surface area (Å²) in [6, 6.07) is 12.2. The van der Waals surface area contributed by atoms with Gasteiger partial charge in [0.25, 0.3) is 0 Å². The smallest absolute Gasteiger partial charge is 0.215 e. The Hall–Kier alpha value is -2.67. The third kappa shape index (κ3) is 2.56. The number of hydrogen-bond donors (Lipinski definition) is 0. The molecule has 0 radical (unpaired) electrons. The van der Waals surface area contributed by atoms with Gasteiger partial charge in [-0.1, -0.05) is 17.3 Å². The molecular formula is C17H15N5OS. The van der Waals surface area contributed by atoms with Crippen molar-refractivity contribution in [1.82, 2.24) is 25.0 Å². The lowest BCUT2D eigenvalue weighted by Crippen LogP contribution is -2.02. The summed E-state index contributed by atoms with van der Waals surface area (Å²) in [4.78, 5) is 9.98. The van der Waals surface area contributed by atoms with Gasteiger partial charge >= 0.3 is 0 Å². The molecule has 0 unspecified atom stereocenters.